The highest BCUT2D eigenvalue weighted by atomic mass is 16.3. The fraction of sp³-hybridized carbons (Fsp3) is 0.556. The molecule has 1 aliphatic carbocycles. The number of nitrogens with zero attached hydrogens (tertiary/aromatic N) is 2. The van der Waals surface area contributed by atoms with Crippen molar-refractivity contribution >= 4 is 17.0 Å². The summed E-state index contributed by atoms with van der Waals surface area (Å²) in [6.45, 7) is 4.24. The van der Waals surface area contributed by atoms with Crippen molar-refractivity contribution in [3.63, 3.8) is 0 Å². The summed E-state index contributed by atoms with van der Waals surface area (Å²) in [5.74, 6) is 1.29. The molecule has 0 unspecified atom stereocenters. The molecular formula is C18H21N3O2. The maximum Gasteiger partial charge on any atom is 0.251 e. The second-order valence-corrected chi connectivity index (χ2v) is 7.29. The Bertz CT molecular complexity index is 785. The Balaban J connectivity index is 1.42. The highest BCUT2D eigenvalue weighted by Gasteiger charge is 2.60. The molecule has 2 bridgehead atoms. The van der Waals surface area contributed by atoms with Crippen LogP contribution in [0.25, 0.3) is 11.1 Å². The van der Waals surface area contributed by atoms with Crippen molar-refractivity contribution in [2.45, 2.75) is 44.2 Å². The van der Waals surface area contributed by atoms with Gasteiger partial charge < -0.3 is 9.73 Å². The lowest BCUT2D eigenvalue weighted by atomic mass is 9.77. The highest BCUT2D eigenvalue weighted by molar-refractivity contribution is 5.97. The van der Waals surface area contributed by atoms with E-state index in [0.717, 1.165) is 5.52 Å². The van der Waals surface area contributed by atoms with Crippen molar-refractivity contribution in [1.29, 1.82) is 0 Å². The number of aromatic nitrogens is 1. The molecular weight excluding hydrogens is 290 g/mol. The van der Waals surface area contributed by atoms with Gasteiger partial charge in [0, 0.05) is 18.0 Å². The fourth-order valence-corrected chi connectivity index (χ4v) is 4.73. The third kappa shape index (κ3) is 1.96. The molecule has 4 aliphatic rings. The molecule has 5 heteroatoms. The Kier molecular flexibility index (Phi) is 2.69. The van der Waals surface area contributed by atoms with Crippen LogP contribution in [0, 0.1) is 12.8 Å². The number of rotatable bonds is 2. The van der Waals surface area contributed by atoms with Crippen LogP contribution < -0.4 is 5.32 Å². The third-order valence-corrected chi connectivity index (χ3v) is 6.03. The van der Waals surface area contributed by atoms with Gasteiger partial charge in [0.2, 0.25) is 0 Å². The molecule has 1 amide bonds. The van der Waals surface area contributed by atoms with Crippen LogP contribution >= 0.6 is 0 Å². The minimum Gasteiger partial charge on any atom is -0.441 e. The molecule has 1 saturated carbocycles. The lowest BCUT2D eigenvalue weighted by Gasteiger charge is -2.52. The number of hydrogen-bond donors (Lipinski definition) is 1. The van der Waals surface area contributed by atoms with Gasteiger partial charge in [-0.25, -0.2) is 4.98 Å². The molecule has 5 nitrogen and oxygen atoms in total. The maximum absolute atomic E-state index is 12.8. The second kappa shape index (κ2) is 4.57. The van der Waals surface area contributed by atoms with E-state index in [9.17, 15) is 4.79 Å². The van der Waals surface area contributed by atoms with Crippen LogP contribution in [0.3, 0.4) is 0 Å². The van der Waals surface area contributed by atoms with Crippen molar-refractivity contribution in [1.82, 2.24) is 15.2 Å². The minimum atomic E-state index is 0.0194. The molecule has 1 spiro atoms. The summed E-state index contributed by atoms with van der Waals surface area (Å²) >= 11 is 0. The molecule has 6 rings (SSSR count). The van der Waals surface area contributed by atoms with Crippen LogP contribution in [0.2, 0.25) is 0 Å². The van der Waals surface area contributed by atoms with Gasteiger partial charge in [-0.2, -0.15) is 0 Å². The van der Waals surface area contributed by atoms with E-state index in [2.05, 4.69) is 15.2 Å². The Hall–Kier alpha value is -1.88. The lowest BCUT2D eigenvalue weighted by molar-refractivity contribution is -0.00144. The van der Waals surface area contributed by atoms with E-state index in [1.54, 1.807) is 0 Å². The zero-order valence-electron chi connectivity index (χ0n) is 13.3. The maximum atomic E-state index is 12.8. The Morgan fingerprint density at radius 1 is 1.35 bits per heavy atom. The van der Waals surface area contributed by atoms with Crippen molar-refractivity contribution in [3.05, 3.63) is 29.7 Å². The predicted octanol–water partition coefficient (Wildman–Crippen LogP) is 2.49. The van der Waals surface area contributed by atoms with Crippen molar-refractivity contribution in [3.8, 4) is 0 Å². The zero-order chi connectivity index (χ0) is 15.6. The van der Waals surface area contributed by atoms with Gasteiger partial charge in [0.1, 0.15) is 5.52 Å². The average Bonchev–Trinajstić information content (AvgIpc) is 3.24. The SMILES string of the molecule is Cc1nc2ccc(C(=O)N[C@H]3C4CCN(CC4)C34CC4)cc2o1. The van der Waals surface area contributed by atoms with Crippen LogP contribution in [-0.4, -0.2) is 40.5 Å². The van der Waals surface area contributed by atoms with Gasteiger partial charge in [-0.15, -0.1) is 0 Å². The Labute approximate surface area is 135 Å². The number of carbonyl (C=O) groups excluding carboxylic acids is 1. The van der Waals surface area contributed by atoms with E-state index in [-0.39, 0.29) is 11.4 Å². The van der Waals surface area contributed by atoms with Gasteiger partial charge in [0.25, 0.3) is 5.91 Å². The molecule has 4 fully saturated rings. The number of benzene rings is 1. The van der Waals surface area contributed by atoms with E-state index >= 15 is 0 Å². The second-order valence-electron chi connectivity index (χ2n) is 7.29. The quantitative estimate of drug-likeness (QED) is 0.926. The summed E-state index contributed by atoms with van der Waals surface area (Å²) in [6, 6.07) is 5.83. The highest BCUT2D eigenvalue weighted by Crippen LogP contribution is 2.53. The molecule has 3 saturated heterocycles. The van der Waals surface area contributed by atoms with Crippen LogP contribution in [0.1, 0.15) is 41.9 Å². The fourth-order valence-electron chi connectivity index (χ4n) is 4.73. The van der Waals surface area contributed by atoms with Crippen LogP contribution in [-0.2, 0) is 0 Å². The minimum absolute atomic E-state index is 0.0194. The van der Waals surface area contributed by atoms with Crippen molar-refractivity contribution in [2.24, 2.45) is 5.92 Å². The number of hydrogen-bond acceptors (Lipinski definition) is 4. The van der Waals surface area contributed by atoms with E-state index in [1.165, 1.54) is 38.8 Å². The third-order valence-electron chi connectivity index (χ3n) is 6.03. The normalized spacial score (nSPS) is 30.7. The van der Waals surface area contributed by atoms with E-state index < -0.39 is 0 Å². The topological polar surface area (TPSA) is 58.4 Å². The van der Waals surface area contributed by atoms with E-state index in [4.69, 9.17) is 4.42 Å². The van der Waals surface area contributed by atoms with Gasteiger partial charge >= 0.3 is 0 Å². The zero-order valence-corrected chi connectivity index (χ0v) is 13.3. The first kappa shape index (κ1) is 13.5. The standard InChI is InChI=1S/C18H21N3O2/c1-11-19-14-3-2-13(10-15(14)23-11)17(22)20-16-12-4-8-21(9-5-12)18(16)6-7-18/h2-3,10,12,16H,4-9H2,1H3,(H,20,22)/t16-/m0/s1. The molecule has 120 valence electrons. The molecule has 2 aromatic rings. The van der Waals surface area contributed by atoms with Crippen molar-refractivity contribution in [2.75, 3.05) is 13.1 Å². The summed E-state index contributed by atoms with van der Waals surface area (Å²) in [6.07, 6.45) is 4.89. The van der Waals surface area contributed by atoms with Gasteiger partial charge in [0.15, 0.2) is 11.5 Å². The van der Waals surface area contributed by atoms with Gasteiger partial charge in [-0.1, -0.05) is 0 Å². The monoisotopic (exact) mass is 311 g/mol. The lowest BCUT2D eigenvalue weighted by Crippen LogP contribution is -2.65. The van der Waals surface area contributed by atoms with Gasteiger partial charge in [-0.05, 0) is 62.9 Å². The first-order chi connectivity index (χ1) is 11.2. The number of nitrogens with one attached hydrogen (secondary N) is 1. The van der Waals surface area contributed by atoms with E-state index in [1.807, 2.05) is 25.1 Å². The number of piperidine rings is 3. The number of aryl methyl sites for hydroxylation is 1. The molecule has 1 aromatic heterocycles. The van der Waals surface area contributed by atoms with E-state index in [0.29, 0.717) is 29.0 Å². The molecule has 1 atom stereocenters. The average molecular weight is 311 g/mol. The van der Waals surface area contributed by atoms with Crippen LogP contribution in [0.15, 0.2) is 22.6 Å². The summed E-state index contributed by atoms with van der Waals surface area (Å²) < 4.78 is 5.55. The van der Waals surface area contributed by atoms with Gasteiger partial charge in [-0.3, -0.25) is 9.69 Å². The summed E-state index contributed by atoms with van der Waals surface area (Å²) in [5, 5.41) is 3.35. The number of carbonyl (C=O) groups is 1. The predicted molar refractivity (Wildman–Crippen MR) is 86.3 cm³/mol. The number of fused-ring (bicyclic) bond motifs is 3. The van der Waals surface area contributed by atoms with Crippen LogP contribution in [0.5, 0.6) is 0 Å². The molecule has 1 aromatic carbocycles. The largest absolute Gasteiger partial charge is 0.441 e. The number of amides is 1. The van der Waals surface area contributed by atoms with Crippen molar-refractivity contribution < 1.29 is 9.21 Å². The molecule has 4 heterocycles. The first-order valence-corrected chi connectivity index (χ1v) is 8.59. The smallest absolute Gasteiger partial charge is 0.251 e. The van der Waals surface area contributed by atoms with Crippen LogP contribution in [0.4, 0.5) is 0 Å². The Morgan fingerprint density at radius 2 is 2.13 bits per heavy atom. The molecule has 23 heavy (non-hydrogen) atoms. The molecule has 1 N–H and O–H groups in total. The molecule has 3 aliphatic heterocycles. The Morgan fingerprint density at radius 3 is 2.87 bits per heavy atom. The first-order valence-electron chi connectivity index (χ1n) is 8.59. The summed E-state index contributed by atoms with van der Waals surface area (Å²) in [5.41, 5.74) is 2.43. The molecule has 0 radical (unpaired) electrons. The number of oxazole rings is 1. The summed E-state index contributed by atoms with van der Waals surface area (Å²) in [7, 11) is 0. The summed E-state index contributed by atoms with van der Waals surface area (Å²) in [4.78, 5) is 19.7. The van der Waals surface area contributed by atoms with Gasteiger partial charge in [0.05, 0.1) is 6.04 Å².